The Morgan fingerprint density at radius 3 is 0.685 bits per heavy atom. The molecule has 0 spiro atoms. The summed E-state index contributed by atoms with van der Waals surface area (Å²) >= 11 is 0. The predicted octanol–water partition coefficient (Wildman–Crippen LogP) is 15.9. The Kier molecular flexibility index (Phi) is 10.9. The maximum atomic E-state index is 2.40. The zero-order valence-corrected chi connectivity index (χ0v) is 32.2. The van der Waals surface area contributed by atoms with Crippen LogP contribution in [0.15, 0.2) is 206 Å². The fourth-order valence-corrected chi connectivity index (χ4v) is 10.1. The number of rotatable bonds is 11. The van der Waals surface area contributed by atoms with Gasteiger partial charge in [-0.25, -0.2) is 0 Å². The van der Waals surface area contributed by atoms with E-state index in [0.29, 0.717) is 0 Å². The van der Waals surface area contributed by atoms with Gasteiger partial charge in [-0.1, -0.05) is 204 Å². The van der Waals surface area contributed by atoms with Crippen molar-refractivity contribution in [3.8, 4) is 66.8 Å². The van der Waals surface area contributed by atoms with E-state index in [1.54, 1.807) is 0 Å². The Balaban J connectivity index is 1.24. The van der Waals surface area contributed by atoms with Gasteiger partial charge in [0.1, 0.15) is 0 Å². The van der Waals surface area contributed by atoms with Gasteiger partial charge in [0.05, 0.1) is 0 Å². The van der Waals surface area contributed by atoms with Crippen LogP contribution in [0, 0.1) is 0 Å². The first-order valence-corrected chi connectivity index (χ1v) is 20.9. The standard InChI is InChI=1S/C52H42S2/c1-37(51-47(41-25-13-5-14-26-41)33-45(39-21-9-3-10-22-39)34-48(51)42-27-15-6-16-28-42)53-54-38(2)52-49(43-29-17-7-18-30-43)35-46(40-23-11-4-12-24-40)36-50(52)44-31-19-8-20-32-44/h3-38H,1-2H3/t37-,38-/m1/s1. The first-order valence-electron chi connectivity index (χ1n) is 18.6. The SMILES string of the molecule is C[C@@H](SS[C@H](C)c1c(-c2ccccc2)cc(-c2ccccc2)cc1-c1ccccc1)c1c(-c2ccccc2)cc(-c2ccccc2)cc1-c1ccccc1. The molecule has 2 atom stereocenters. The van der Waals surface area contributed by atoms with Gasteiger partial charge >= 0.3 is 0 Å². The van der Waals surface area contributed by atoms with Gasteiger partial charge in [0.15, 0.2) is 0 Å². The first-order chi connectivity index (χ1) is 26.6. The van der Waals surface area contributed by atoms with Crippen molar-refractivity contribution in [2.75, 3.05) is 0 Å². The smallest absolute Gasteiger partial charge is 0.0385 e. The van der Waals surface area contributed by atoms with E-state index in [0.717, 1.165) is 0 Å². The highest BCUT2D eigenvalue weighted by Gasteiger charge is 2.25. The molecule has 0 aromatic heterocycles. The quantitative estimate of drug-likeness (QED) is 0.122. The predicted molar refractivity (Wildman–Crippen MR) is 238 cm³/mol. The fraction of sp³-hybridized carbons (Fsp3) is 0.0769. The summed E-state index contributed by atoms with van der Waals surface area (Å²) in [7, 11) is 3.95. The highest BCUT2D eigenvalue weighted by Crippen LogP contribution is 2.54. The van der Waals surface area contributed by atoms with Crippen LogP contribution >= 0.6 is 21.6 Å². The topological polar surface area (TPSA) is 0 Å². The maximum absolute atomic E-state index is 2.40. The third kappa shape index (κ3) is 7.73. The second-order valence-electron chi connectivity index (χ2n) is 13.6. The molecule has 262 valence electrons. The maximum Gasteiger partial charge on any atom is 0.0385 e. The molecule has 0 aliphatic carbocycles. The van der Waals surface area contributed by atoms with Crippen molar-refractivity contribution in [1.29, 1.82) is 0 Å². The molecule has 0 saturated carbocycles. The average molecular weight is 731 g/mol. The molecule has 54 heavy (non-hydrogen) atoms. The van der Waals surface area contributed by atoms with E-state index >= 15 is 0 Å². The lowest BCUT2D eigenvalue weighted by Crippen LogP contribution is -2.00. The summed E-state index contributed by atoms with van der Waals surface area (Å²) in [4.78, 5) is 0. The van der Waals surface area contributed by atoms with E-state index in [4.69, 9.17) is 0 Å². The van der Waals surface area contributed by atoms with Crippen LogP contribution in [0.5, 0.6) is 0 Å². The third-order valence-electron chi connectivity index (χ3n) is 10.1. The van der Waals surface area contributed by atoms with E-state index in [1.165, 1.54) is 77.9 Å². The molecule has 0 fully saturated rings. The van der Waals surface area contributed by atoms with Crippen molar-refractivity contribution < 1.29 is 0 Å². The van der Waals surface area contributed by atoms with Crippen LogP contribution in [0.2, 0.25) is 0 Å². The molecule has 0 aliphatic rings. The Morgan fingerprint density at radius 1 is 0.259 bits per heavy atom. The highest BCUT2D eigenvalue weighted by molar-refractivity contribution is 8.76. The third-order valence-corrected chi connectivity index (χ3v) is 13.3. The Morgan fingerprint density at radius 2 is 0.463 bits per heavy atom. The van der Waals surface area contributed by atoms with E-state index < -0.39 is 0 Å². The molecule has 0 amide bonds. The van der Waals surface area contributed by atoms with Gasteiger partial charge in [0, 0.05) is 10.5 Å². The molecule has 0 unspecified atom stereocenters. The second kappa shape index (κ2) is 16.6. The van der Waals surface area contributed by atoms with Crippen LogP contribution in [0.1, 0.15) is 35.5 Å². The van der Waals surface area contributed by atoms with Crippen molar-refractivity contribution in [2.24, 2.45) is 0 Å². The molecular weight excluding hydrogens is 689 g/mol. The summed E-state index contributed by atoms with van der Waals surface area (Å²) in [6, 6.07) is 74.8. The molecule has 0 aliphatic heterocycles. The van der Waals surface area contributed by atoms with E-state index in [9.17, 15) is 0 Å². The van der Waals surface area contributed by atoms with Crippen molar-refractivity contribution >= 4 is 21.6 Å². The van der Waals surface area contributed by atoms with E-state index in [-0.39, 0.29) is 10.5 Å². The number of benzene rings is 8. The lowest BCUT2D eigenvalue weighted by atomic mass is 9.86. The van der Waals surface area contributed by atoms with Gasteiger partial charge in [0.25, 0.3) is 0 Å². The molecule has 0 bridgehead atoms. The van der Waals surface area contributed by atoms with Gasteiger partial charge in [-0.3, -0.25) is 0 Å². The summed E-state index contributed by atoms with van der Waals surface area (Å²) < 4.78 is 0. The summed E-state index contributed by atoms with van der Waals surface area (Å²) in [5.74, 6) is 0. The van der Waals surface area contributed by atoms with Crippen LogP contribution in [-0.4, -0.2) is 0 Å². The molecule has 0 saturated heterocycles. The summed E-state index contributed by atoms with van der Waals surface area (Å²) in [6.07, 6.45) is 0. The minimum Gasteiger partial charge on any atom is -0.0855 e. The number of hydrogen-bond acceptors (Lipinski definition) is 2. The van der Waals surface area contributed by atoms with Gasteiger partial charge in [-0.15, -0.1) is 0 Å². The zero-order chi connectivity index (χ0) is 36.7. The summed E-state index contributed by atoms with van der Waals surface area (Å²) in [5, 5.41) is 0.383. The van der Waals surface area contributed by atoms with Gasteiger partial charge in [-0.2, -0.15) is 0 Å². The molecule has 8 aromatic carbocycles. The highest BCUT2D eigenvalue weighted by atomic mass is 33.1. The van der Waals surface area contributed by atoms with Crippen LogP contribution < -0.4 is 0 Å². The van der Waals surface area contributed by atoms with Gasteiger partial charge < -0.3 is 0 Å². The monoisotopic (exact) mass is 730 g/mol. The van der Waals surface area contributed by atoms with Crippen LogP contribution in [0.4, 0.5) is 0 Å². The Labute approximate surface area is 328 Å². The lowest BCUT2D eigenvalue weighted by Gasteiger charge is -2.26. The molecular formula is C52H42S2. The summed E-state index contributed by atoms with van der Waals surface area (Å²) in [6.45, 7) is 4.77. The zero-order valence-electron chi connectivity index (χ0n) is 30.6. The van der Waals surface area contributed by atoms with E-state index in [2.05, 4.69) is 220 Å². The normalized spacial score (nSPS) is 12.3. The average Bonchev–Trinajstić information content (AvgIpc) is 3.26. The molecule has 0 radical (unpaired) electrons. The minimum atomic E-state index is 0.191. The molecule has 0 nitrogen and oxygen atoms in total. The Bertz CT molecular complexity index is 2130. The largest absolute Gasteiger partial charge is 0.0855 e. The Hall–Kier alpha value is -5.54. The molecule has 8 aromatic rings. The van der Waals surface area contributed by atoms with Gasteiger partial charge in [-0.05, 0) is 116 Å². The molecule has 0 heterocycles. The van der Waals surface area contributed by atoms with E-state index in [1.807, 2.05) is 21.6 Å². The van der Waals surface area contributed by atoms with Crippen molar-refractivity contribution in [3.05, 3.63) is 217 Å². The van der Waals surface area contributed by atoms with Crippen molar-refractivity contribution in [2.45, 2.75) is 24.3 Å². The minimum absolute atomic E-state index is 0.191. The van der Waals surface area contributed by atoms with Crippen LogP contribution in [0.3, 0.4) is 0 Å². The first kappa shape index (κ1) is 35.5. The van der Waals surface area contributed by atoms with Crippen molar-refractivity contribution in [1.82, 2.24) is 0 Å². The fourth-order valence-electron chi connectivity index (χ4n) is 7.47. The molecule has 0 N–H and O–H groups in total. The second-order valence-corrected chi connectivity index (χ2v) is 16.6. The summed E-state index contributed by atoms with van der Waals surface area (Å²) in [5.41, 5.74) is 17.7. The lowest BCUT2D eigenvalue weighted by molar-refractivity contribution is 1.10. The van der Waals surface area contributed by atoms with Gasteiger partial charge in [0.2, 0.25) is 0 Å². The molecule has 8 rings (SSSR count). The van der Waals surface area contributed by atoms with Crippen LogP contribution in [0.25, 0.3) is 66.8 Å². The molecule has 2 heteroatoms. The van der Waals surface area contributed by atoms with Crippen molar-refractivity contribution in [3.63, 3.8) is 0 Å². The number of hydrogen-bond donors (Lipinski definition) is 0. The van der Waals surface area contributed by atoms with Crippen LogP contribution in [-0.2, 0) is 0 Å².